The van der Waals surface area contributed by atoms with Gasteiger partial charge in [-0.3, -0.25) is 9.69 Å². The molecule has 1 aliphatic rings. The predicted octanol–water partition coefficient (Wildman–Crippen LogP) is 2.10. The number of rotatable bonds is 6. The van der Waals surface area contributed by atoms with E-state index in [0.29, 0.717) is 18.1 Å². The van der Waals surface area contributed by atoms with E-state index < -0.39 is 6.03 Å². The number of para-hydroxylation sites is 1. The van der Waals surface area contributed by atoms with E-state index in [1.165, 1.54) is 10.5 Å². The fourth-order valence-corrected chi connectivity index (χ4v) is 3.03. The Morgan fingerprint density at radius 3 is 2.30 bits per heavy atom. The van der Waals surface area contributed by atoms with Crippen LogP contribution in [0.4, 0.5) is 4.79 Å². The molecule has 27 heavy (non-hydrogen) atoms. The minimum Gasteiger partial charge on any atom is -0.329 e. The number of benzene rings is 2. The molecule has 1 fully saturated rings. The molecule has 1 aliphatic heterocycles. The summed E-state index contributed by atoms with van der Waals surface area (Å²) in [7, 11) is 0. The van der Waals surface area contributed by atoms with Gasteiger partial charge in [0.15, 0.2) is 11.6 Å². The molecule has 0 bridgehead atoms. The topological polar surface area (TPSA) is 80.1 Å². The SMILES string of the molecule is O=C1CNC(=O)N1Cc1nc(CCc2ccccc2)nn1-c1ccccc1. The molecule has 0 saturated carbocycles. The van der Waals surface area contributed by atoms with Crippen LogP contribution in [0.2, 0.25) is 0 Å². The zero-order valence-corrected chi connectivity index (χ0v) is 14.7. The van der Waals surface area contributed by atoms with Crippen molar-refractivity contribution in [3.05, 3.63) is 77.9 Å². The third-order valence-corrected chi connectivity index (χ3v) is 4.44. The van der Waals surface area contributed by atoms with Crippen molar-refractivity contribution >= 4 is 11.9 Å². The highest BCUT2D eigenvalue weighted by molar-refractivity contribution is 6.01. The van der Waals surface area contributed by atoms with Crippen molar-refractivity contribution in [2.45, 2.75) is 19.4 Å². The van der Waals surface area contributed by atoms with Crippen LogP contribution in [0.5, 0.6) is 0 Å². The van der Waals surface area contributed by atoms with E-state index in [9.17, 15) is 9.59 Å². The Hall–Kier alpha value is -3.48. The van der Waals surface area contributed by atoms with Gasteiger partial charge in [0.1, 0.15) is 0 Å². The van der Waals surface area contributed by atoms with Gasteiger partial charge >= 0.3 is 6.03 Å². The molecule has 1 N–H and O–H groups in total. The summed E-state index contributed by atoms with van der Waals surface area (Å²) in [4.78, 5) is 29.6. The molecule has 0 radical (unpaired) electrons. The lowest BCUT2D eigenvalue weighted by Crippen LogP contribution is -2.31. The van der Waals surface area contributed by atoms with E-state index in [2.05, 4.69) is 27.5 Å². The zero-order valence-electron chi connectivity index (χ0n) is 14.7. The molecule has 0 spiro atoms. The van der Waals surface area contributed by atoms with Gasteiger partial charge in [-0.15, -0.1) is 0 Å². The van der Waals surface area contributed by atoms with Crippen molar-refractivity contribution in [3.63, 3.8) is 0 Å². The maximum absolute atomic E-state index is 11.9. The molecular weight excluding hydrogens is 342 g/mol. The Morgan fingerprint density at radius 2 is 1.63 bits per heavy atom. The maximum Gasteiger partial charge on any atom is 0.325 e. The fraction of sp³-hybridized carbons (Fsp3) is 0.200. The molecule has 0 atom stereocenters. The smallest absolute Gasteiger partial charge is 0.325 e. The molecule has 7 heteroatoms. The molecule has 3 aromatic rings. The molecule has 3 amide bonds. The highest BCUT2D eigenvalue weighted by Gasteiger charge is 2.30. The van der Waals surface area contributed by atoms with Crippen molar-refractivity contribution in [2.75, 3.05) is 6.54 Å². The number of hydrogen-bond acceptors (Lipinski definition) is 4. The van der Waals surface area contributed by atoms with Gasteiger partial charge in [0, 0.05) is 6.42 Å². The maximum atomic E-state index is 11.9. The third kappa shape index (κ3) is 3.72. The summed E-state index contributed by atoms with van der Waals surface area (Å²) in [5.41, 5.74) is 2.06. The number of carbonyl (C=O) groups excluding carboxylic acids is 2. The number of hydrogen-bond donors (Lipinski definition) is 1. The first-order chi connectivity index (χ1) is 13.2. The predicted molar refractivity (Wildman–Crippen MR) is 99.2 cm³/mol. The number of carbonyl (C=O) groups is 2. The van der Waals surface area contributed by atoms with Crippen LogP contribution in [-0.2, 0) is 24.2 Å². The largest absolute Gasteiger partial charge is 0.329 e. The van der Waals surface area contributed by atoms with Crippen LogP contribution in [0.3, 0.4) is 0 Å². The van der Waals surface area contributed by atoms with Crippen molar-refractivity contribution in [2.24, 2.45) is 0 Å². The molecule has 0 unspecified atom stereocenters. The average molecular weight is 361 g/mol. The molecule has 1 aromatic heterocycles. The van der Waals surface area contributed by atoms with Gasteiger partial charge in [0.2, 0.25) is 5.91 Å². The van der Waals surface area contributed by atoms with Crippen molar-refractivity contribution in [1.82, 2.24) is 25.0 Å². The number of imide groups is 1. The monoisotopic (exact) mass is 361 g/mol. The number of urea groups is 1. The Balaban J connectivity index is 1.61. The van der Waals surface area contributed by atoms with E-state index in [4.69, 9.17) is 0 Å². The van der Waals surface area contributed by atoms with E-state index >= 15 is 0 Å². The number of amides is 3. The van der Waals surface area contributed by atoms with Crippen LogP contribution >= 0.6 is 0 Å². The first-order valence-corrected chi connectivity index (χ1v) is 8.83. The summed E-state index contributed by atoms with van der Waals surface area (Å²) in [5.74, 6) is 0.993. The molecule has 4 rings (SSSR count). The van der Waals surface area contributed by atoms with Gasteiger partial charge in [0.25, 0.3) is 0 Å². The van der Waals surface area contributed by atoms with Crippen molar-refractivity contribution < 1.29 is 9.59 Å². The lowest BCUT2D eigenvalue weighted by atomic mass is 10.1. The summed E-state index contributed by atoms with van der Waals surface area (Å²) in [6.45, 7) is 0.122. The van der Waals surface area contributed by atoms with Gasteiger partial charge in [0.05, 0.1) is 18.8 Å². The minimum atomic E-state index is -0.395. The lowest BCUT2D eigenvalue weighted by molar-refractivity contribution is -0.125. The molecule has 2 heterocycles. The number of nitrogens with zero attached hydrogens (tertiary/aromatic N) is 4. The van der Waals surface area contributed by atoms with E-state index in [1.54, 1.807) is 4.68 Å². The number of aryl methyl sites for hydroxylation is 2. The Labute approximate surface area is 156 Å². The molecule has 0 aliphatic carbocycles. The Kier molecular flexibility index (Phi) is 4.65. The van der Waals surface area contributed by atoms with Gasteiger partial charge in [-0.25, -0.2) is 14.5 Å². The molecule has 136 valence electrons. The fourth-order valence-electron chi connectivity index (χ4n) is 3.03. The third-order valence-electron chi connectivity index (χ3n) is 4.44. The van der Waals surface area contributed by atoms with Gasteiger partial charge in [-0.2, -0.15) is 5.10 Å². The summed E-state index contributed by atoms with van der Waals surface area (Å²) in [6.07, 6.45) is 1.50. The molecule has 1 saturated heterocycles. The van der Waals surface area contributed by atoms with E-state index in [-0.39, 0.29) is 19.0 Å². The standard InChI is InChI=1S/C20H19N5O2/c26-19-13-21-20(27)24(19)14-18-22-17(12-11-15-7-3-1-4-8-15)23-25(18)16-9-5-2-6-10-16/h1-10H,11-14H2,(H,21,27). The van der Waals surface area contributed by atoms with Crippen LogP contribution in [0.25, 0.3) is 5.69 Å². The minimum absolute atomic E-state index is 0.0270. The van der Waals surface area contributed by atoms with Gasteiger partial charge < -0.3 is 5.32 Å². The number of aromatic nitrogens is 3. The second kappa shape index (κ2) is 7.41. The van der Waals surface area contributed by atoms with E-state index in [1.807, 2.05) is 48.5 Å². The molecule has 2 aromatic carbocycles. The second-order valence-electron chi connectivity index (χ2n) is 6.32. The average Bonchev–Trinajstić information content (AvgIpc) is 3.26. The van der Waals surface area contributed by atoms with Crippen molar-refractivity contribution in [1.29, 1.82) is 0 Å². The molecular formula is C20H19N5O2. The first kappa shape index (κ1) is 17.0. The Bertz CT molecular complexity index is 937. The van der Waals surface area contributed by atoms with Gasteiger partial charge in [-0.05, 0) is 24.1 Å². The van der Waals surface area contributed by atoms with Crippen LogP contribution < -0.4 is 5.32 Å². The first-order valence-electron chi connectivity index (χ1n) is 8.83. The van der Waals surface area contributed by atoms with Gasteiger partial charge in [-0.1, -0.05) is 48.5 Å². The normalized spacial score (nSPS) is 13.9. The molecule has 7 nitrogen and oxygen atoms in total. The summed E-state index contributed by atoms with van der Waals surface area (Å²) >= 11 is 0. The number of nitrogens with one attached hydrogen (secondary N) is 1. The quantitative estimate of drug-likeness (QED) is 0.682. The highest BCUT2D eigenvalue weighted by atomic mass is 16.2. The van der Waals surface area contributed by atoms with Crippen LogP contribution in [-0.4, -0.2) is 38.1 Å². The second-order valence-corrected chi connectivity index (χ2v) is 6.32. The Morgan fingerprint density at radius 1 is 0.926 bits per heavy atom. The summed E-state index contributed by atoms with van der Waals surface area (Å²) in [5, 5.41) is 7.16. The van der Waals surface area contributed by atoms with Crippen LogP contribution in [0.15, 0.2) is 60.7 Å². The zero-order chi connectivity index (χ0) is 18.6. The lowest BCUT2D eigenvalue weighted by Gasteiger charge is -2.12. The van der Waals surface area contributed by atoms with E-state index in [0.717, 1.165) is 12.1 Å². The summed E-state index contributed by atoms with van der Waals surface area (Å²) in [6, 6.07) is 19.4. The summed E-state index contributed by atoms with van der Waals surface area (Å²) < 4.78 is 1.71. The van der Waals surface area contributed by atoms with Crippen LogP contribution in [0.1, 0.15) is 17.2 Å². The van der Waals surface area contributed by atoms with Crippen LogP contribution in [0, 0.1) is 0 Å². The highest BCUT2D eigenvalue weighted by Crippen LogP contribution is 2.14. The van der Waals surface area contributed by atoms with Crippen molar-refractivity contribution in [3.8, 4) is 5.69 Å².